The van der Waals surface area contributed by atoms with Crippen molar-refractivity contribution in [2.75, 3.05) is 25.5 Å². The molecular weight excluding hydrogens is 254 g/mol. The van der Waals surface area contributed by atoms with Gasteiger partial charge in [-0.05, 0) is 37.8 Å². The lowest BCUT2D eigenvalue weighted by molar-refractivity contribution is 0.0753. The fourth-order valence-electron chi connectivity index (χ4n) is 3.49. The van der Waals surface area contributed by atoms with E-state index in [1.807, 2.05) is 24.0 Å². The van der Waals surface area contributed by atoms with Gasteiger partial charge in [0.15, 0.2) is 0 Å². The molecule has 1 aromatic heterocycles. The molecule has 5 nitrogen and oxygen atoms in total. The van der Waals surface area contributed by atoms with Crippen LogP contribution in [0.2, 0.25) is 0 Å². The van der Waals surface area contributed by atoms with Crippen molar-refractivity contribution in [3.63, 3.8) is 0 Å². The van der Waals surface area contributed by atoms with Gasteiger partial charge in [0.1, 0.15) is 5.82 Å². The van der Waals surface area contributed by atoms with E-state index in [-0.39, 0.29) is 17.9 Å². The van der Waals surface area contributed by atoms with Crippen LogP contribution in [0.5, 0.6) is 0 Å². The molecule has 0 bridgehead atoms. The number of fused-ring (bicyclic) bond motifs is 1. The van der Waals surface area contributed by atoms with Gasteiger partial charge in [0.05, 0.1) is 11.7 Å². The Balaban J connectivity index is 1.80. The molecule has 1 amide bonds. The van der Waals surface area contributed by atoms with Crippen LogP contribution in [0.4, 0.5) is 5.82 Å². The van der Waals surface area contributed by atoms with Gasteiger partial charge in [0.2, 0.25) is 0 Å². The molecule has 0 radical (unpaired) electrons. The Hall–Kier alpha value is -1.62. The van der Waals surface area contributed by atoms with E-state index >= 15 is 0 Å². The van der Waals surface area contributed by atoms with Gasteiger partial charge in [-0.3, -0.25) is 4.79 Å². The Morgan fingerprint density at radius 2 is 2.20 bits per heavy atom. The minimum atomic E-state index is -0.238. The highest BCUT2D eigenvalue weighted by atomic mass is 16.3. The van der Waals surface area contributed by atoms with Crippen LogP contribution in [-0.4, -0.2) is 47.1 Å². The number of nitrogens with one attached hydrogen (secondary N) is 1. The highest BCUT2D eigenvalue weighted by Crippen LogP contribution is 2.38. The van der Waals surface area contributed by atoms with Crippen LogP contribution in [0.15, 0.2) is 12.1 Å². The Morgan fingerprint density at radius 3 is 2.90 bits per heavy atom. The SMILES string of the molecule is CNc1nc(C)ccc1C(=O)N1C[C@@H]2CC[C@H](O)[C@@H]2C1. The molecule has 20 heavy (non-hydrogen) atoms. The van der Waals surface area contributed by atoms with E-state index in [1.165, 1.54) is 0 Å². The zero-order valence-electron chi connectivity index (χ0n) is 12.0. The van der Waals surface area contributed by atoms with Gasteiger partial charge in [-0.1, -0.05) is 0 Å². The molecule has 2 fully saturated rings. The molecule has 5 heteroatoms. The second-order valence-electron chi connectivity index (χ2n) is 5.88. The van der Waals surface area contributed by atoms with E-state index in [0.717, 1.165) is 25.1 Å². The number of amides is 1. The first-order valence-corrected chi connectivity index (χ1v) is 7.23. The first-order chi connectivity index (χ1) is 9.60. The summed E-state index contributed by atoms with van der Waals surface area (Å²) in [4.78, 5) is 18.9. The van der Waals surface area contributed by atoms with Crippen molar-refractivity contribution >= 4 is 11.7 Å². The predicted octanol–water partition coefficient (Wildman–Crippen LogP) is 1.27. The lowest BCUT2D eigenvalue weighted by atomic mass is 10.00. The van der Waals surface area contributed by atoms with E-state index in [4.69, 9.17) is 0 Å². The quantitative estimate of drug-likeness (QED) is 0.853. The fraction of sp³-hybridized carbons (Fsp3) is 0.600. The number of hydrogen-bond donors (Lipinski definition) is 2. The highest BCUT2D eigenvalue weighted by Gasteiger charge is 2.43. The van der Waals surface area contributed by atoms with Gasteiger partial charge in [0.25, 0.3) is 5.91 Å². The normalized spacial score (nSPS) is 28.6. The van der Waals surface area contributed by atoms with Crippen molar-refractivity contribution in [2.24, 2.45) is 11.8 Å². The third kappa shape index (κ3) is 2.16. The lowest BCUT2D eigenvalue weighted by Crippen LogP contribution is -2.31. The number of aromatic nitrogens is 1. The third-order valence-corrected chi connectivity index (χ3v) is 4.61. The van der Waals surface area contributed by atoms with Crippen molar-refractivity contribution in [3.8, 4) is 0 Å². The van der Waals surface area contributed by atoms with Gasteiger partial charge in [0, 0.05) is 31.7 Å². The smallest absolute Gasteiger partial charge is 0.257 e. The molecule has 2 heterocycles. The Labute approximate surface area is 119 Å². The maximum Gasteiger partial charge on any atom is 0.257 e. The average molecular weight is 275 g/mol. The van der Waals surface area contributed by atoms with Crippen molar-refractivity contribution < 1.29 is 9.90 Å². The number of aliphatic hydroxyl groups is 1. The molecule has 3 atom stereocenters. The highest BCUT2D eigenvalue weighted by molar-refractivity contribution is 5.99. The zero-order valence-corrected chi connectivity index (χ0v) is 12.0. The summed E-state index contributed by atoms with van der Waals surface area (Å²) in [7, 11) is 1.78. The molecular formula is C15H21N3O2. The van der Waals surface area contributed by atoms with Crippen molar-refractivity contribution in [1.29, 1.82) is 0 Å². The van der Waals surface area contributed by atoms with E-state index < -0.39 is 0 Å². The molecule has 3 rings (SSSR count). The van der Waals surface area contributed by atoms with Gasteiger partial charge >= 0.3 is 0 Å². The van der Waals surface area contributed by atoms with Crippen molar-refractivity contribution in [2.45, 2.75) is 25.9 Å². The summed E-state index contributed by atoms with van der Waals surface area (Å²) in [6.45, 7) is 3.34. The molecule has 2 aliphatic rings. The number of carbonyl (C=O) groups is 1. The van der Waals surface area contributed by atoms with Crippen LogP contribution in [0.1, 0.15) is 28.9 Å². The van der Waals surface area contributed by atoms with E-state index in [2.05, 4.69) is 10.3 Å². The van der Waals surface area contributed by atoms with Crippen LogP contribution in [-0.2, 0) is 0 Å². The van der Waals surface area contributed by atoms with Crippen LogP contribution in [0, 0.1) is 18.8 Å². The lowest BCUT2D eigenvalue weighted by Gasteiger charge is -2.19. The molecule has 0 unspecified atom stereocenters. The number of aryl methyl sites for hydroxylation is 1. The summed E-state index contributed by atoms with van der Waals surface area (Å²) in [6, 6.07) is 3.70. The first-order valence-electron chi connectivity index (χ1n) is 7.23. The molecule has 1 aliphatic heterocycles. The number of anilines is 1. The molecule has 1 saturated heterocycles. The van der Waals surface area contributed by atoms with Crippen LogP contribution >= 0.6 is 0 Å². The molecule has 2 N–H and O–H groups in total. The second kappa shape index (κ2) is 5.05. The molecule has 1 saturated carbocycles. The maximum absolute atomic E-state index is 12.6. The predicted molar refractivity (Wildman–Crippen MR) is 76.6 cm³/mol. The van der Waals surface area contributed by atoms with E-state index in [0.29, 0.717) is 23.8 Å². The van der Waals surface area contributed by atoms with Crippen LogP contribution in [0.25, 0.3) is 0 Å². The Morgan fingerprint density at radius 1 is 1.40 bits per heavy atom. The standard InChI is InChI=1S/C15H21N3O2/c1-9-3-5-11(14(16-2)17-9)15(20)18-7-10-4-6-13(19)12(10)8-18/h3,5,10,12-13,19H,4,6-8H2,1-2H3,(H,16,17)/t10-,12+,13-/m0/s1. The Kier molecular flexibility index (Phi) is 3.38. The van der Waals surface area contributed by atoms with Gasteiger partial charge in [-0.15, -0.1) is 0 Å². The topological polar surface area (TPSA) is 65.5 Å². The summed E-state index contributed by atoms with van der Waals surface area (Å²) in [6.07, 6.45) is 1.67. The number of hydrogen-bond acceptors (Lipinski definition) is 4. The van der Waals surface area contributed by atoms with E-state index in [9.17, 15) is 9.90 Å². The first kappa shape index (κ1) is 13.4. The summed E-state index contributed by atoms with van der Waals surface area (Å²) in [5.41, 5.74) is 1.51. The zero-order chi connectivity index (χ0) is 14.3. The van der Waals surface area contributed by atoms with Crippen molar-refractivity contribution in [3.05, 3.63) is 23.4 Å². The summed E-state index contributed by atoms with van der Waals surface area (Å²) in [5.74, 6) is 1.37. The number of aliphatic hydroxyl groups excluding tert-OH is 1. The second-order valence-corrected chi connectivity index (χ2v) is 5.88. The summed E-state index contributed by atoms with van der Waals surface area (Å²) >= 11 is 0. The van der Waals surface area contributed by atoms with Crippen LogP contribution < -0.4 is 5.32 Å². The van der Waals surface area contributed by atoms with Gasteiger partial charge in [-0.25, -0.2) is 4.98 Å². The maximum atomic E-state index is 12.6. The number of rotatable bonds is 2. The monoisotopic (exact) mass is 275 g/mol. The van der Waals surface area contributed by atoms with Crippen LogP contribution in [0.3, 0.4) is 0 Å². The molecule has 0 spiro atoms. The largest absolute Gasteiger partial charge is 0.393 e. The summed E-state index contributed by atoms with van der Waals surface area (Å²) in [5, 5.41) is 12.9. The minimum Gasteiger partial charge on any atom is -0.393 e. The minimum absolute atomic E-state index is 0.0171. The molecule has 0 aromatic carbocycles. The number of carbonyl (C=O) groups excluding carboxylic acids is 1. The van der Waals surface area contributed by atoms with E-state index in [1.54, 1.807) is 7.05 Å². The van der Waals surface area contributed by atoms with Gasteiger partial charge < -0.3 is 15.3 Å². The summed E-state index contributed by atoms with van der Waals surface area (Å²) < 4.78 is 0. The van der Waals surface area contributed by atoms with Crippen molar-refractivity contribution in [1.82, 2.24) is 9.88 Å². The molecule has 1 aromatic rings. The fourth-order valence-corrected chi connectivity index (χ4v) is 3.49. The average Bonchev–Trinajstić information content (AvgIpc) is 3.00. The Bertz CT molecular complexity index is 532. The molecule has 1 aliphatic carbocycles. The number of pyridine rings is 1. The molecule has 108 valence electrons. The van der Waals surface area contributed by atoms with Gasteiger partial charge in [-0.2, -0.15) is 0 Å². The third-order valence-electron chi connectivity index (χ3n) is 4.61. The number of likely N-dealkylation sites (tertiary alicyclic amines) is 1. The number of nitrogens with zero attached hydrogens (tertiary/aromatic N) is 2.